The number of rotatable bonds is 9. The molecule has 2 heterocycles. The van der Waals surface area contributed by atoms with Crippen molar-refractivity contribution < 1.29 is 41.0 Å². The Hall–Kier alpha value is -4.13. The van der Waals surface area contributed by atoms with Crippen molar-refractivity contribution in [2.45, 2.75) is 38.0 Å². The zero-order chi connectivity index (χ0) is 28.2. The molecule has 0 radical (unpaired) electrons. The molecule has 0 fully saturated rings. The summed E-state index contributed by atoms with van der Waals surface area (Å²) in [5.41, 5.74) is 1.18. The summed E-state index contributed by atoms with van der Waals surface area (Å²) in [6.07, 6.45) is -7.65. The van der Waals surface area contributed by atoms with Crippen molar-refractivity contribution in [2.24, 2.45) is 0 Å². The Balaban J connectivity index is 1.46. The van der Waals surface area contributed by atoms with E-state index in [4.69, 9.17) is 0 Å². The average Bonchev–Trinajstić information content (AvgIpc) is 3.23. The van der Waals surface area contributed by atoms with Gasteiger partial charge in [0.05, 0.1) is 24.8 Å². The number of nitrogens with zero attached hydrogens (tertiary/aromatic N) is 3. The van der Waals surface area contributed by atoms with Gasteiger partial charge in [0.15, 0.2) is 5.65 Å². The maximum atomic E-state index is 12.8. The van der Waals surface area contributed by atoms with Gasteiger partial charge < -0.3 is 19.7 Å². The van der Waals surface area contributed by atoms with E-state index in [9.17, 15) is 36.2 Å². The number of hydrogen-bond donors (Lipinski definition) is 2. The Morgan fingerprint density at radius 3 is 2.31 bits per heavy atom. The van der Waals surface area contributed by atoms with Crippen LogP contribution in [0.3, 0.4) is 0 Å². The smallest absolute Gasteiger partial charge is 0.406 e. The first-order chi connectivity index (χ1) is 18.4. The number of aromatic nitrogens is 3. The van der Waals surface area contributed by atoms with E-state index in [2.05, 4.69) is 20.0 Å². The highest BCUT2D eigenvalue weighted by Crippen LogP contribution is 2.30. The lowest BCUT2D eigenvalue weighted by atomic mass is 10.0. The van der Waals surface area contributed by atoms with E-state index in [1.54, 1.807) is 22.9 Å². The van der Waals surface area contributed by atoms with Crippen molar-refractivity contribution in [3.05, 3.63) is 89.4 Å². The normalized spacial score (nSPS) is 12.9. The largest absolute Gasteiger partial charge is 0.573 e. The van der Waals surface area contributed by atoms with E-state index in [-0.39, 0.29) is 25.1 Å². The fourth-order valence-corrected chi connectivity index (χ4v) is 3.97. The second kappa shape index (κ2) is 11.3. The summed E-state index contributed by atoms with van der Waals surface area (Å²) in [4.78, 5) is 21.5. The number of hydrogen-bond acceptors (Lipinski definition) is 5. The summed E-state index contributed by atoms with van der Waals surface area (Å²) in [5.74, 6) is -0.332. The molecule has 4 rings (SSSR count). The molecule has 206 valence electrons. The summed E-state index contributed by atoms with van der Waals surface area (Å²) < 4.78 is 81.5. The molecule has 0 saturated heterocycles. The molecular formula is C26H22F6N4O3. The molecule has 2 N–H and O–H groups in total. The van der Waals surface area contributed by atoms with Gasteiger partial charge in [-0.25, -0.2) is 9.97 Å². The van der Waals surface area contributed by atoms with Crippen LogP contribution in [-0.4, -0.2) is 38.5 Å². The van der Waals surface area contributed by atoms with Gasteiger partial charge >= 0.3 is 12.5 Å². The summed E-state index contributed by atoms with van der Waals surface area (Å²) in [7, 11) is 0. The van der Waals surface area contributed by atoms with Crippen molar-refractivity contribution in [1.29, 1.82) is 0 Å². The molecule has 1 atom stereocenters. The highest BCUT2D eigenvalue weighted by molar-refractivity contribution is 5.77. The first-order valence-corrected chi connectivity index (χ1v) is 11.6. The second-order valence-corrected chi connectivity index (χ2v) is 8.57. The number of fused-ring (bicyclic) bond motifs is 1. The molecule has 0 spiro atoms. The van der Waals surface area contributed by atoms with Crippen LogP contribution in [0.1, 0.15) is 35.0 Å². The van der Waals surface area contributed by atoms with E-state index in [0.717, 1.165) is 12.1 Å². The molecule has 1 amide bonds. The zero-order valence-corrected chi connectivity index (χ0v) is 20.1. The number of alkyl halides is 6. The van der Waals surface area contributed by atoms with Crippen LogP contribution in [0.2, 0.25) is 0 Å². The number of nitrogens with one attached hydrogen (secondary N) is 1. The molecule has 13 heteroatoms. The van der Waals surface area contributed by atoms with Crippen LogP contribution in [0.15, 0.2) is 66.9 Å². The van der Waals surface area contributed by atoms with E-state index >= 15 is 0 Å². The first kappa shape index (κ1) is 27.9. The van der Waals surface area contributed by atoms with E-state index < -0.39 is 36.7 Å². The minimum absolute atomic E-state index is 0.0567. The van der Waals surface area contributed by atoms with Gasteiger partial charge in [0.1, 0.15) is 17.1 Å². The van der Waals surface area contributed by atoms with Gasteiger partial charge in [-0.2, -0.15) is 13.2 Å². The predicted octanol–water partition coefficient (Wildman–Crippen LogP) is 5.18. The number of halogens is 6. The lowest BCUT2D eigenvalue weighted by molar-refractivity contribution is -0.274. The Morgan fingerprint density at radius 1 is 1.00 bits per heavy atom. The standard InChI is InChI=1S/C26H22F6N4O3/c27-25(28,29)18-7-5-17(6-8-18)21(15-37)35-23(38)12-11-22-34-20-2-1-13-33-24(20)36(22)14-16-3-9-19(10-4-16)39-26(30,31)32/h1-10,13,21,37H,11-12,14-15H2,(H,35,38). The number of ether oxygens (including phenoxy) is 1. The van der Waals surface area contributed by atoms with Gasteiger partial charge in [-0.15, -0.1) is 13.2 Å². The number of aryl methyl sites for hydroxylation is 1. The molecule has 39 heavy (non-hydrogen) atoms. The second-order valence-electron chi connectivity index (χ2n) is 8.57. The molecule has 2 aromatic heterocycles. The molecule has 2 aromatic carbocycles. The Kier molecular flexibility index (Phi) is 8.09. The lowest BCUT2D eigenvalue weighted by Crippen LogP contribution is -2.31. The zero-order valence-electron chi connectivity index (χ0n) is 20.1. The van der Waals surface area contributed by atoms with Gasteiger partial charge in [0.2, 0.25) is 5.91 Å². The molecule has 0 bridgehead atoms. The maximum absolute atomic E-state index is 12.8. The van der Waals surface area contributed by atoms with Crippen molar-refractivity contribution >= 4 is 17.1 Å². The number of carbonyl (C=O) groups excluding carboxylic acids is 1. The van der Waals surface area contributed by atoms with Gasteiger partial charge in [-0.05, 0) is 47.5 Å². The van der Waals surface area contributed by atoms with Crippen molar-refractivity contribution in [1.82, 2.24) is 19.9 Å². The number of pyridine rings is 1. The lowest BCUT2D eigenvalue weighted by Gasteiger charge is -2.18. The fourth-order valence-electron chi connectivity index (χ4n) is 3.97. The third kappa shape index (κ3) is 7.25. The highest BCUT2D eigenvalue weighted by Gasteiger charge is 2.31. The monoisotopic (exact) mass is 552 g/mol. The summed E-state index contributed by atoms with van der Waals surface area (Å²) in [6, 6.07) is 12.0. The number of imidazole rings is 1. The molecule has 7 nitrogen and oxygen atoms in total. The van der Waals surface area contributed by atoms with Crippen LogP contribution in [0, 0.1) is 0 Å². The maximum Gasteiger partial charge on any atom is 0.573 e. The quantitative estimate of drug-likeness (QED) is 0.280. The van der Waals surface area contributed by atoms with Gasteiger partial charge in [0, 0.05) is 19.0 Å². The molecule has 0 aliphatic heterocycles. The average molecular weight is 552 g/mol. The molecular weight excluding hydrogens is 530 g/mol. The van der Waals surface area contributed by atoms with Crippen molar-refractivity contribution in [2.75, 3.05) is 6.61 Å². The van der Waals surface area contributed by atoms with E-state index in [0.29, 0.717) is 28.1 Å². The molecule has 4 aromatic rings. The van der Waals surface area contributed by atoms with E-state index in [1.165, 1.54) is 36.4 Å². The van der Waals surface area contributed by atoms with Crippen LogP contribution < -0.4 is 10.1 Å². The number of benzene rings is 2. The number of aliphatic hydroxyl groups excluding tert-OH is 1. The topological polar surface area (TPSA) is 89.3 Å². The minimum atomic E-state index is -4.80. The molecule has 0 saturated carbocycles. The summed E-state index contributed by atoms with van der Waals surface area (Å²) >= 11 is 0. The number of aliphatic hydroxyl groups is 1. The van der Waals surface area contributed by atoms with Crippen LogP contribution in [0.4, 0.5) is 26.3 Å². The number of amides is 1. The summed E-state index contributed by atoms with van der Waals surface area (Å²) in [6.45, 7) is -0.310. The van der Waals surface area contributed by atoms with Crippen molar-refractivity contribution in [3.8, 4) is 5.75 Å². The van der Waals surface area contributed by atoms with Crippen LogP contribution in [0.5, 0.6) is 5.75 Å². The van der Waals surface area contributed by atoms with Gasteiger partial charge in [-0.1, -0.05) is 24.3 Å². The van der Waals surface area contributed by atoms with E-state index in [1.807, 2.05) is 0 Å². The first-order valence-electron chi connectivity index (χ1n) is 11.6. The van der Waals surface area contributed by atoms with Crippen LogP contribution >= 0.6 is 0 Å². The highest BCUT2D eigenvalue weighted by atomic mass is 19.4. The minimum Gasteiger partial charge on any atom is -0.406 e. The molecule has 0 aliphatic rings. The molecule has 1 unspecified atom stereocenters. The van der Waals surface area contributed by atoms with Gasteiger partial charge in [0.25, 0.3) is 0 Å². The Labute approximate surface area is 218 Å². The predicted molar refractivity (Wildman–Crippen MR) is 127 cm³/mol. The number of carbonyl (C=O) groups is 1. The fraction of sp³-hybridized carbons (Fsp3) is 0.269. The van der Waals surface area contributed by atoms with Crippen LogP contribution in [0.25, 0.3) is 11.2 Å². The Morgan fingerprint density at radius 2 is 1.69 bits per heavy atom. The third-order valence-corrected chi connectivity index (χ3v) is 5.81. The van der Waals surface area contributed by atoms with Crippen molar-refractivity contribution in [3.63, 3.8) is 0 Å². The third-order valence-electron chi connectivity index (χ3n) is 5.81. The molecule has 0 aliphatic carbocycles. The van der Waals surface area contributed by atoms with Crippen LogP contribution in [-0.2, 0) is 23.9 Å². The SMILES string of the molecule is O=C(CCc1nc2cccnc2n1Cc1ccc(OC(F)(F)F)cc1)NC(CO)c1ccc(C(F)(F)F)cc1. The van der Waals surface area contributed by atoms with Gasteiger partial charge in [-0.3, -0.25) is 4.79 Å². The summed E-state index contributed by atoms with van der Waals surface area (Å²) in [5, 5.41) is 12.3. The Bertz CT molecular complexity index is 1420.